The molecule has 3 aromatic rings. The third-order valence-electron chi connectivity index (χ3n) is 6.10. The van der Waals surface area contributed by atoms with E-state index in [1.165, 1.54) is 6.20 Å². The summed E-state index contributed by atoms with van der Waals surface area (Å²) in [6.07, 6.45) is 6.83. The number of nitrogens with one attached hydrogen (secondary N) is 2. The van der Waals surface area contributed by atoms with E-state index < -0.39 is 11.7 Å². The normalized spacial score (nSPS) is 18.4. The number of para-hydroxylation sites is 1. The van der Waals surface area contributed by atoms with Crippen LogP contribution < -0.4 is 20.5 Å². The third kappa shape index (κ3) is 3.89. The van der Waals surface area contributed by atoms with Crippen molar-refractivity contribution in [2.24, 2.45) is 5.73 Å². The number of hydrogen-bond acceptors (Lipinski definition) is 8. The van der Waals surface area contributed by atoms with Gasteiger partial charge < -0.3 is 25.3 Å². The van der Waals surface area contributed by atoms with Crippen molar-refractivity contribution in [3.05, 3.63) is 48.4 Å². The zero-order valence-electron chi connectivity index (χ0n) is 18.4. The van der Waals surface area contributed by atoms with E-state index in [2.05, 4.69) is 20.1 Å². The first-order valence-corrected chi connectivity index (χ1v) is 11.5. The van der Waals surface area contributed by atoms with Crippen molar-refractivity contribution in [1.29, 1.82) is 0 Å². The number of nitrogens with zero attached hydrogens (tertiary/aromatic N) is 3. The lowest BCUT2D eigenvalue weighted by molar-refractivity contribution is -0.242. The smallest absolute Gasteiger partial charge is 0.252 e. The molecule has 34 heavy (non-hydrogen) atoms. The van der Waals surface area contributed by atoms with Crippen LogP contribution in [-0.4, -0.2) is 51.0 Å². The molecule has 4 N–H and O–H groups in total. The van der Waals surface area contributed by atoms with E-state index in [9.17, 15) is 9.00 Å². The van der Waals surface area contributed by atoms with Gasteiger partial charge in [-0.25, -0.2) is 9.19 Å². The summed E-state index contributed by atoms with van der Waals surface area (Å²) in [6.45, 7) is 1.19. The number of amides is 1. The molecule has 3 heterocycles. The fraction of sp³-hybridized carbons (Fsp3) is 0.318. The summed E-state index contributed by atoms with van der Waals surface area (Å²) < 4.78 is 32.8. The number of carbonyl (C=O) groups excluding carboxylic acids is 1. The number of thiol groups is 1. The monoisotopic (exact) mass is 484 g/mol. The van der Waals surface area contributed by atoms with Crippen molar-refractivity contribution in [1.82, 2.24) is 14.8 Å². The standard InChI is InChI=1S/C22H24N6O5S/c1-31-20-14(13-10-25-28(12-13)18-5-6-22(18)32-7-8-33-22)3-2-4-16(20)26-17-9-19(27-34-30)24-11-15(17)21(23)29/h2-4,9-12,18,34H,5-8H2,1H3,(H2,23,29)(H2,24,26,27,30). The first kappa shape index (κ1) is 22.3. The molecule has 1 atom stereocenters. The van der Waals surface area contributed by atoms with Gasteiger partial charge in [-0.2, -0.15) is 5.10 Å². The van der Waals surface area contributed by atoms with Gasteiger partial charge in [0.05, 0.1) is 43.5 Å². The molecule has 0 bridgehead atoms. The highest BCUT2D eigenvalue weighted by Crippen LogP contribution is 2.48. The molecule has 1 aromatic carbocycles. The fourth-order valence-corrected chi connectivity index (χ4v) is 4.60. The Morgan fingerprint density at radius 3 is 2.79 bits per heavy atom. The second kappa shape index (κ2) is 9.05. The van der Waals surface area contributed by atoms with Gasteiger partial charge in [0.15, 0.2) is 5.79 Å². The maximum absolute atomic E-state index is 11.9. The number of carbonyl (C=O) groups is 1. The van der Waals surface area contributed by atoms with Crippen LogP contribution in [0, 0.1) is 0 Å². The summed E-state index contributed by atoms with van der Waals surface area (Å²) in [4.78, 5) is 16.0. The molecule has 1 spiro atoms. The lowest BCUT2D eigenvalue weighted by Crippen LogP contribution is -2.49. The number of benzene rings is 1. The number of hydrogen-bond donors (Lipinski definition) is 4. The Kier molecular flexibility index (Phi) is 5.94. The number of primary amides is 1. The molecule has 1 saturated carbocycles. The molecular formula is C22H24N6O5S. The molecule has 12 heteroatoms. The van der Waals surface area contributed by atoms with Crippen LogP contribution in [-0.2, 0) is 21.3 Å². The minimum absolute atomic E-state index is 0.0252. The molecule has 2 fully saturated rings. The first-order chi connectivity index (χ1) is 16.5. The van der Waals surface area contributed by atoms with Crippen LogP contribution in [0.25, 0.3) is 11.1 Å². The van der Waals surface area contributed by atoms with E-state index >= 15 is 0 Å². The number of rotatable bonds is 8. The van der Waals surface area contributed by atoms with Gasteiger partial charge in [0, 0.05) is 36.0 Å². The van der Waals surface area contributed by atoms with Gasteiger partial charge >= 0.3 is 0 Å². The molecule has 2 aromatic heterocycles. The number of methoxy groups -OCH3 is 1. The van der Waals surface area contributed by atoms with Crippen LogP contribution >= 0.6 is 0 Å². The quantitative estimate of drug-likeness (QED) is 0.356. The Bertz CT molecular complexity index is 1240. The Morgan fingerprint density at radius 1 is 1.29 bits per heavy atom. The van der Waals surface area contributed by atoms with Gasteiger partial charge in [0.2, 0.25) is 0 Å². The molecular weight excluding hydrogens is 460 g/mol. The Labute approximate surface area is 199 Å². The van der Waals surface area contributed by atoms with Crippen LogP contribution in [0.4, 0.5) is 17.2 Å². The second-order valence-corrected chi connectivity index (χ2v) is 8.37. The molecule has 1 unspecified atom stereocenters. The maximum atomic E-state index is 11.9. The van der Waals surface area contributed by atoms with E-state index in [1.54, 1.807) is 19.4 Å². The predicted molar refractivity (Wildman–Crippen MR) is 126 cm³/mol. The highest BCUT2D eigenvalue weighted by atomic mass is 32.2. The lowest BCUT2D eigenvalue weighted by atomic mass is 9.85. The van der Waals surface area contributed by atoms with Crippen LogP contribution in [0.15, 0.2) is 42.9 Å². The van der Waals surface area contributed by atoms with Crippen LogP contribution in [0.1, 0.15) is 29.2 Å². The summed E-state index contributed by atoms with van der Waals surface area (Å²) in [5, 5.41) is 7.76. The number of aromatic nitrogens is 3. The zero-order valence-corrected chi connectivity index (χ0v) is 19.2. The minimum atomic E-state index is -0.650. The van der Waals surface area contributed by atoms with Gasteiger partial charge in [0.25, 0.3) is 5.91 Å². The molecule has 2 aliphatic rings. The SMILES string of the molecule is COc1c(Nc2cc(N[SH]=O)ncc2C(N)=O)cccc1-c1cnn(C2CCC23OCCO3)c1. The maximum Gasteiger partial charge on any atom is 0.252 e. The van der Waals surface area contributed by atoms with Crippen LogP contribution in [0.3, 0.4) is 0 Å². The van der Waals surface area contributed by atoms with Crippen molar-refractivity contribution in [2.45, 2.75) is 24.7 Å². The van der Waals surface area contributed by atoms with Crippen molar-refractivity contribution in [3.8, 4) is 16.9 Å². The summed E-state index contributed by atoms with van der Waals surface area (Å²) in [5.74, 6) is -0.351. The zero-order chi connectivity index (χ0) is 23.7. The Hall–Kier alpha value is -3.48. The highest BCUT2D eigenvalue weighted by molar-refractivity contribution is 7.67. The summed E-state index contributed by atoms with van der Waals surface area (Å²) in [5.41, 5.74) is 8.37. The minimum Gasteiger partial charge on any atom is -0.494 e. The fourth-order valence-electron chi connectivity index (χ4n) is 4.39. The van der Waals surface area contributed by atoms with E-state index in [0.717, 1.165) is 24.0 Å². The van der Waals surface area contributed by atoms with E-state index in [4.69, 9.17) is 19.9 Å². The van der Waals surface area contributed by atoms with Crippen molar-refractivity contribution in [3.63, 3.8) is 0 Å². The molecule has 11 nitrogen and oxygen atoms in total. The van der Waals surface area contributed by atoms with Crippen molar-refractivity contribution in [2.75, 3.05) is 30.4 Å². The highest BCUT2D eigenvalue weighted by Gasteiger charge is 2.53. The number of nitrogens with two attached hydrogens (primary N) is 1. The third-order valence-corrected chi connectivity index (χ3v) is 6.42. The number of ether oxygens (including phenoxy) is 3. The lowest BCUT2D eigenvalue weighted by Gasteiger charge is -2.44. The molecule has 1 aliphatic carbocycles. The molecule has 1 saturated heterocycles. The first-order valence-electron chi connectivity index (χ1n) is 10.7. The van der Waals surface area contributed by atoms with Gasteiger partial charge in [-0.05, 0) is 12.5 Å². The number of anilines is 3. The van der Waals surface area contributed by atoms with E-state index in [-0.39, 0.29) is 23.5 Å². The van der Waals surface area contributed by atoms with E-state index in [1.807, 2.05) is 29.1 Å². The molecule has 0 radical (unpaired) electrons. The van der Waals surface area contributed by atoms with Crippen molar-refractivity contribution < 1.29 is 23.2 Å². The second-order valence-electron chi connectivity index (χ2n) is 7.97. The van der Waals surface area contributed by atoms with Gasteiger partial charge in [-0.3, -0.25) is 14.2 Å². The van der Waals surface area contributed by atoms with Gasteiger partial charge in [0.1, 0.15) is 29.5 Å². The van der Waals surface area contributed by atoms with Crippen LogP contribution in [0.2, 0.25) is 0 Å². The topological polar surface area (TPSA) is 143 Å². The molecule has 5 rings (SSSR count). The Balaban J connectivity index is 1.47. The van der Waals surface area contributed by atoms with E-state index in [0.29, 0.717) is 36.2 Å². The molecule has 1 aliphatic heterocycles. The average molecular weight is 485 g/mol. The largest absolute Gasteiger partial charge is 0.494 e. The van der Waals surface area contributed by atoms with Gasteiger partial charge in [-0.1, -0.05) is 12.1 Å². The molecule has 1 amide bonds. The average Bonchev–Trinajstić information content (AvgIpc) is 3.50. The van der Waals surface area contributed by atoms with Crippen molar-refractivity contribution >= 4 is 35.0 Å². The van der Waals surface area contributed by atoms with Crippen LogP contribution in [0.5, 0.6) is 5.75 Å². The summed E-state index contributed by atoms with van der Waals surface area (Å²) in [7, 11) is 1.57. The number of pyridine rings is 1. The molecule has 178 valence electrons. The summed E-state index contributed by atoms with van der Waals surface area (Å²) >= 11 is -0.318. The summed E-state index contributed by atoms with van der Waals surface area (Å²) in [6, 6.07) is 7.18. The van der Waals surface area contributed by atoms with Gasteiger partial charge in [-0.15, -0.1) is 0 Å². The Morgan fingerprint density at radius 2 is 2.12 bits per heavy atom. The predicted octanol–water partition coefficient (Wildman–Crippen LogP) is 2.15.